The van der Waals surface area contributed by atoms with Crippen LogP contribution in [0.25, 0.3) is 11.3 Å². The number of nitrogens with one attached hydrogen (secondary N) is 3. The van der Waals surface area contributed by atoms with Crippen molar-refractivity contribution in [1.29, 1.82) is 5.26 Å². The fourth-order valence-electron chi connectivity index (χ4n) is 3.34. The Morgan fingerprint density at radius 2 is 1.78 bits per heavy atom. The van der Waals surface area contributed by atoms with Crippen LogP contribution < -0.4 is 16.0 Å². The largest absolute Gasteiger partial charge is 0.416 e. The number of urea groups is 1. The first-order valence-corrected chi connectivity index (χ1v) is 12.4. The Morgan fingerprint density at radius 3 is 2.46 bits per heavy atom. The topological polar surface area (TPSA) is 133 Å². The van der Waals surface area contributed by atoms with E-state index in [0.29, 0.717) is 0 Å². The second-order valence-corrected chi connectivity index (χ2v) is 8.97. The molecule has 0 aliphatic rings. The van der Waals surface area contributed by atoms with Gasteiger partial charge in [0.1, 0.15) is 17.5 Å². The number of thioether (sulfide) groups is 1. The molecule has 4 aromatic rings. The fourth-order valence-corrected chi connectivity index (χ4v) is 3.98. The van der Waals surface area contributed by atoms with Crippen LogP contribution in [0.1, 0.15) is 11.1 Å². The lowest BCUT2D eigenvalue weighted by Gasteiger charge is -2.14. The van der Waals surface area contributed by atoms with Crippen LogP contribution in [0.4, 0.5) is 44.1 Å². The maximum Gasteiger partial charge on any atom is 0.416 e. The van der Waals surface area contributed by atoms with Crippen molar-refractivity contribution < 1.29 is 31.5 Å². The van der Waals surface area contributed by atoms with Gasteiger partial charge in [-0.2, -0.15) is 18.4 Å². The number of carbonyl (C=O) groups is 2. The number of hydrogen-bond acceptors (Lipinski definition) is 8. The maximum atomic E-state index is 14.0. The molecule has 2 heterocycles. The third kappa shape index (κ3) is 7.51. The number of aromatic nitrogens is 3. The van der Waals surface area contributed by atoms with E-state index >= 15 is 0 Å². The van der Waals surface area contributed by atoms with Crippen molar-refractivity contribution in [3.8, 4) is 17.3 Å². The Kier molecular flexibility index (Phi) is 8.73. The zero-order valence-corrected chi connectivity index (χ0v) is 21.3. The Labute approximate surface area is 232 Å². The van der Waals surface area contributed by atoms with Crippen LogP contribution in [0, 0.1) is 23.0 Å². The highest BCUT2D eigenvalue weighted by atomic mass is 32.2. The molecule has 0 atom stereocenters. The summed E-state index contributed by atoms with van der Waals surface area (Å²) >= 11 is 0.717. The summed E-state index contributed by atoms with van der Waals surface area (Å²) in [7, 11) is 0. The second kappa shape index (κ2) is 12.4. The number of halogens is 5. The predicted molar refractivity (Wildman–Crippen MR) is 139 cm³/mol. The highest BCUT2D eigenvalue weighted by Crippen LogP contribution is 2.34. The summed E-state index contributed by atoms with van der Waals surface area (Å²) in [5, 5.41) is 16.8. The molecule has 208 valence electrons. The van der Waals surface area contributed by atoms with Gasteiger partial charge in [0.2, 0.25) is 5.91 Å². The Morgan fingerprint density at radius 1 is 0.976 bits per heavy atom. The third-order valence-corrected chi connectivity index (χ3v) is 5.99. The van der Waals surface area contributed by atoms with Gasteiger partial charge >= 0.3 is 12.2 Å². The highest BCUT2D eigenvalue weighted by molar-refractivity contribution is 7.99. The first-order valence-electron chi connectivity index (χ1n) is 11.4. The minimum Gasteiger partial charge on any atom is -0.339 e. The molecule has 2 aromatic carbocycles. The average Bonchev–Trinajstić information content (AvgIpc) is 2.93. The van der Waals surface area contributed by atoms with Crippen molar-refractivity contribution in [1.82, 2.24) is 20.3 Å². The van der Waals surface area contributed by atoms with Gasteiger partial charge in [-0.25, -0.2) is 28.5 Å². The van der Waals surface area contributed by atoms with Gasteiger partial charge in [-0.05, 0) is 48.5 Å². The summed E-state index contributed by atoms with van der Waals surface area (Å²) < 4.78 is 67.2. The SMILES string of the molecule is N#Cc1c(Nc2cccc(C(F)(F)F)c2)nc(SCC(=O)NC(=O)Nc2ccccn2)nc1-c1ccc(F)c(F)c1. The molecule has 9 nitrogen and oxygen atoms in total. The van der Waals surface area contributed by atoms with E-state index < -0.39 is 41.1 Å². The summed E-state index contributed by atoms with van der Waals surface area (Å²) in [6.45, 7) is 0. The number of rotatable bonds is 7. The van der Waals surface area contributed by atoms with E-state index in [0.717, 1.165) is 48.2 Å². The summed E-state index contributed by atoms with van der Waals surface area (Å²) in [6, 6.07) is 12.6. The molecular formula is C26H16F5N7O2S. The van der Waals surface area contributed by atoms with Crippen LogP contribution in [0.5, 0.6) is 0 Å². The van der Waals surface area contributed by atoms with Gasteiger partial charge in [0, 0.05) is 17.4 Å². The molecule has 3 amide bonds. The lowest BCUT2D eigenvalue weighted by atomic mass is 10.1. The number of pyridine rings is 1. The van der Waals surface area contributed by atoms with E-state index in [1.807, 2.05) is 6.07 Å². The minimum atomic E-state index is -4.64. The molecule has 4 rings (SSSR count). The van der Waals surface area contributed by atoms with E-state index in [2.05, 4.69) is 30.9 Å². The van der Waals surface area contributed by atoms with E-state index in [1.165, 1.54) is 18.3 Å². The monoisotopic (exact) mass is 585 g/mol. The van der Waals surface area contributed by atoms with Crippen molar-refractivity contribution in [3.05, 3.63) is 89.6 Å². The van der Waals surface area contributed by atoms with Crippen molar-refractivity contribution in [2.75, 3.05) is 16.4 Å². The molecule has 0 aliphatic carbocycles. The number of alkyl halides is 3. The van der Waals surface area contributed by atoms with Crippen LogP contribution in [-0.4, -0.2) is 32.6 Å². The predicted octanol–water partition coefficient (Wildman–Crippen LogP) is 5.89. The lowest BCUT2D eigenvalue weighted by molar-refractivity contribution is -0.137. The van der Waals surface area contributed by atoms with E-state index in [4.69, 9.17) is 0 Å². The first-order chi connectivity index (χ1) is 19.5. The van der Waals surface area contributed by atoms with Crippen molar-refractivity contribution in [3.63, 3.8) is 0 Å². The van der Waals surface area contributed by atoms with E-state index in [-0.39, 0.29) is 39.3 Å². The van der Waals surface area contributed by atoms with Crippen LogP contribution in [0.2, 0.25) is 0 Å². The Bertz CT molecular complexity index is 1650. The van der Waals surface area contributed by atoms with Gasteiger partial charge in [-0.3, -0.25) is 15.4 Å². The molecule has 0 bridgehead atoms. The van der Waals surface area contributed by atoms with Crippen LogP contribution in [0.15, 0.2) is 72.0 Å². The third-order valence-electron chi connectivity index (χ3n) is 5.14. The average molecular weight is 586 g/mol. The van der Waals surface area contributed by atoms with Gasteiger partial charge in [0.15, 0.2) is 22.6 Å². The van der Waals surface area contributed by atoms with Crippen molar-refractivity contribution in [2.45, 2.75) is 11.3 Å². The van der Waals surface area contributed by atoms with E-state index in [9.17, 15) is 36.8 Å². The molecular weight excluding hydrogens is 569 g/mol. The zero-order chi connectivity index (χ0) is 29.6. The summed E-state index contributed by atoms with van der Waals surface area (Å²) in [4.78, 5) is 36.6. The molecule has 41 heavy (non-hydrogen) atoms. The Balaban J connectivity index is 1.63. The van der Waals surface area contributed by atoms with Crippen molar-refractivity contribution in [2.24, 2.45) is 0 Å². The van der Waals surface area contributed by atoms with Crippen LogP contribution in [0.3, 0.4) is 0 Å². The van der Waals surface area contributed by atoms with Gasteiger partial charge < -0.3 is 5.32 Å². The maximum absolute atomic E-state index is 14.0. The van der Waals surface area contributed by atoms with Crippen LogP contribution in [-0.2, 0) is 11.0 Å². The van der Waals surface area contributed by atoms with Gasteiger partial charge in [-0.15, -0.1) is 0 Å². The Hall–Kier alpha value is -5.10. The smallest absolute Gasteiger partial charge is 0.339 e. The molecule has 0 aliphatic heterocycles. The minimum absolute atomic E-state index is 0.0315. The molecule has 15 heteroatoms. The van der Waals surface area contributed by atoms with E-state index in [1.54, 1.807) is 12.1 Å². The number of benzene rings is 2. The zero-order valence-electron chi connectivity index (χ0n) is 20.5. The van der Waals surface area contributed by atoms with Gasteiger partial charge in [0.05, 0.1) is 17.0 Å². The number of amides is 3. The normalized spacial score (nSPS) is 10.9. The second-order valence-electron chi connectivity index (χ2n) is 8.03. The molecule has 0 fully saturated rings. The highest BCUT2D eigenvalue weighted by Gasteiger charge is 2.30. The number of nitrogens with zero attached hydrogens (tertiary/aromatic N) is 4. The number of imide groups is 1. The van der Waals surface area contributed by atoms with Gasteiger partial charge in [0.25, 0.3) is 0 Å². The molecule has 0 spiro atoms. The first kappa shape index (κ1) is 28.9. The number of carbonyl (C=O) groups excluding carboxylic acids is 2. The molecule has 0 saturated heterocycles. The fraction of sp³-hybridized carbons (Fsp3) is 0.0769. The summed E-state index contributed by atoms with van der Waals surface area (Å²) in [5.41, 5.74) is -1.53. The molecule has 0 saturated carbocycles. The number of anilines is 3. The van der Waals surface area contributed by atoms with Gasteiger partial charge in [-0.1, -0.05) is 23.9 Å². The van der Waals surface area contributed by atoms with Crippen molar-refractivity contribution >= 4 is 41.0 Å². The number of nitriles is 1. The standard InChI is InChI=1S/C26H16F5N7O2S/c27-18-8-7-14(10-19(18)28)22-17(12-32)23(34-16-5-3-4-15(11-16)26(29,30)31)38-25(37-22)41-13-21(39)36-24(40)35-20-6-1-2-9-33-20/h1-11H,13H2,(H,34,37,38)(H2,33,35,36,39,40). The lowest BCUT2D eigenvalue weighted by Crippen LogP contribution is -2.35. The molecule has 0 unspecified atom stereocenters. The van der Waals surface area contributed by atoms with Crippen LogP contribution >= 0.6 is 11.8 Å². The molecule has 3 N–H and O–H groups in total. The number of hydrogen-bond donors (Lipinski definition) is 3. The summed E-state index contributed by atoms with van der Waals surface area (Å²) in [5.74, 6) is -3.61. The molecule has 0 radical (unpaired) electrons. The molecule has 2 aromatic heterocycles. The summed E-state index contributed by atoms with van der Waals surface area (Å²) in [6.07, 6.45) is -3.21. The quantitative estimate of drug-likeness (QED) is 0.139.